The first-order valence-electron chi connectivity index (χ1n) is 12.1. The molecule has 0 bridgehead atoms. The summed E-state index contributed by atoms with van der Waals surface area (Å²) in [6.07, 6.45) is 3.35. The third-order valence-corrected chi connectivity index (χ3v) is 5.56. The van der Waals surface area contributed by atoms with Crippen molar-refractivity contribution >= 4 is 34.0 Å². The summed E-state index contributed by atoms with van der Waals surface area (Å²) < 4.78 is 11.5. The van der Waals surface area contributed by atoms with Gasteiger partial charge >= 0.3 is 0 Å². The summed E-state index contributed by atoms with van der Waals surface area (Å²) in [6.45, 7) is 5.73. The van der Waals surface area contributed by atoms with Crippen LogP contribution in [0.3, 0.4) is 0 Å². The van der Waals surface area contributed by atoms with Gasteiger partial charge in [0.2, 0.25) is 11.8 Å². The van der Waals surface area contributed by atoms with Crippen LogP contribution in [0.2, 0.25) is 0 Å². The van der Waals surface area contributed by atoms with Gasteiger partial charge in [-0.25, -0.2) is 4.98 Å². The van der Waals surface area contributed by atoms with Gasteiger partial charge in [0.05, 0.1) is 6.61 Å². The first-order chi connectivity index (χ1) is 17.6. The van der Waals surface area contributed by atoms with Crippen LogP contribution in [0, 0.1) is 0 Å². The van der Waals surface area contributed by atoms with Crippen molar-refractivity contribution in [3.63, 3.8) is 0 Å². The number of ether oxygens (including phenoxy) is 2. The molecule has 0 atom stereocenters. The SMILES string of the molecule is CCCOCCNC(=O)c1cc(CC)cc(Nc2nccc(Oc3ccc(N)c4ccccc34)n2)c1. The number of carbonyl (C=O) groups excluding carboxylic acids is 1. The van der Waals surface area contributed by atoms with Crippen molar-refractivity contribution in [2.24, 2.45) is 0 Å². The fourth-order valence-corrected chi connectivity index (χ4v) is 3.77. The molecule has 0 spiro atoms. The first-order valence-corrected chi connectivity index (χ1v) is 12.1. The van der Waals surface area contributed by atoms with Crippen LogP contribution in [-0.4, -0.2) is 35.6 Å². The molecule has 0 unspecified atom stereocenters. The van der Waals surface area contributed by atoms with Crippen LogP contribution < -0.4 is 21.1 Å². The Kier molecular flexibility index (Phi) is 8.31. The molecule has 0 fully saturated rings. The third-order valence-electron chi connectivity index (χ3n) is 5.56. The van der Waals surface area contributed by atoms with Crippen LogP contribution in [-0.2, 0) is 11.2 Å². The van der Waals surface area contributed by atoms with E-state index in [0.29, 0.717) is 48.6 Å². The van der Waals surface area contributed by atoms with E-state index in [0.717, 1.165) is 34.9 Å². The number of anilines is 3. The summed E-state index contributed by atoms with van der Waals surface area (Å²) in [5.74, 6) is 1.25. The lowest BCUT2D eigenvalue weighted by Gasteiger charge is -2.12. The molecule has 0 saturated carbocycles. The summed E-state index contributed by atoms with van der Waals surface area (Å²) in [7, 11) is 0. The fraction of sp³-hybridized carbons (Fsp3) is 0.250. The number of aromatic nitrogens is 2. The van der Waals surface area contributed by atoms with Crippen LogP contribution in [0.15, 0.2) is 66.9 Å². The van der Waals surface area contributed by atoms with Gasteiger partial charge in [0.25, 0.3) is 5.91 Å². The van der Waals surface area contributed by atoms with E-state index >= 15 is 0 Å². The van der Waals surface area contributed by atoms with Crippen molar-refractivity contribution in [1.82, 2.24) is 15.3 Å². The minimum absolute atomic E-state index is 0.151. The quantitative estimate of drug-likeness (QED) is 0.191. The van der Waals surface area contributed by atoms with E-state index in [1.807, 2.05) is 55.5 Å². The maximum atomic E-state index is 12.7. The molecule has 1 aromatic heterocycles. The smallest absolute Gasteiger partial charge is 0.251 e. The van der Waals surface area contributed by atoms with E-state index in [1.165, 1.54) is 0 Å². The Hall–Kier alpha value is -4.17. The van der Waals surface area contributed by atoms with Gasteiger partial charge in [-0.2, -0.15) is 4.98 Å². The predicted octanol–water partition coefficient (Wildman–Crippen LogP) is 5.47. The van der Waals surface area contributed by atoms with Gasteiger partial charge in [0, 0.05) is 53.1 Å². The number of aryl methyl sites for hydroxylation is 1. The van der Waals surface area contributed by atoms with E-state index in [4.69, 9.17) is 15.2 Å². The maximum absolute atomic E-state index is 12.7. The monoisotopic (exact) mass is 485 g/mol. The van der Waals surface area contributed by atoms with Crippen molar-refractivity contribution in [2.45, 2.75) is 26.7 Å². The number of hydrogen-bond acceptors (Lipinski definition) is 7. The van der Waals surface area contributed by atoms with Crippen molar-refractivity contribution in [1.29, 1.82) is 0 Å². The Morgan fingerprint density at radius 1 is 1.00 bits per heavy atom. The normalized spacial score (nSPS) is 10.8. The van der Waals surface area contributed by atoms with E-state index in [9.17, 15) is 4.79 Å². The molecule has 186 valence electrons. The van der Waals surface area contributed by atoms with Crippen LogP contribution in [0.5, 0.6) is 11.6 Å². The van der Waals surface area contributed by atoms with Crippen LogP contribution >= 0.6 is 0 Å². The highest BCUT2D eigenvalue weighted by Crippen LogP contribution is 2.32. The van der Waals surface area contributed by atoms with Crippen molar-refractivity contribution in [3.05, 3.63) is 78.0 Å². The number of rotatable bonds is 11. The molecular weight excluding hydrogens is 454 g/mol. The van der Waals surface area contributed by atoms with Crippen LogP contribution in [0.1, 0.15) is 36.2 Å². The summed E-state index contributed by atoms with van der Waals surface area (Å²) in [5.41, 5.74) is 9.10. The van der Waals surface area contributed by atoms with E-state index in [1.54, 1.807) is 18.3 Å². The fourth-order valence-electron chi connectivity index (χ4n) is 3.77. The second-order valence-corrected chi connectivity index (χ2v) is 8.28. The number of benzene rings is 3. The van der Waals surface area contributed by atoms with E-state index in [-0.39, 0.29) is 5.91 Å². The zero-order valence-corrected chi connectivity index (χ0v) is 20.6. The van der Waals surface area contributed by atoms with Gasteiger partial charge < -0.3 is 25.8 Å². The second-order valence-electron chi connectivity index (χ2n) is 8.28. The highest BCUT2D eigenvalue weighted by atomic mass is 16.5. The first kappa shape index (κ1) is 24.9. The van der Waals surface area contributed by atoms with Gasteiger partial charge in [0.15, 0.2) is 0 Å². The van der Waals surface area contributed by atoms with Crippen molar-refractivity contribution in [3.8, 4) is 11.6 Å². The molecule has 1 heterocycles. The molecule has 36 heavy (non-hydrogen) atoms. The topological polar surface area (TPSA) is 111 Å². The second kappa shape index (κ2) is 12.0. The van der Waals surface area contributed by atoms with Gasteiger partial charge in [-0.1, -0.05) is 38.1 Å². The number of amides is 1. The molecule has 0 saturated heterocycles. The van der Waals surface area contributed by atoms with Crippen molar-refractivity contribution in [2.75, 3.05) is 30.8 Å². The molecular formula is C28H31N5O3. The van der Waals surface area contributed by atoms with Gasteiger partial charge in [-0.15, -0.1) is 0 Å². The molecule has 4 N–H and O–H groups in total. The van der Waals surface area contributed by atoms with E-state index in [2.05, 4.69) is 27.5 Å². The molecule has 0 aliphatic rings. The molecule has 0 aliphatic carbocycles. The summed E-state index contributed by atoms with van der Waals surface area (Å²) in [6, 6.07) is 18.8. The summed E-state index contributed by atoms with van der Waals surface area (Å²) in [4.78, 5) is 21.5. The lowest BCUT2D eigenvalue weighted by molar-refractivity contribution is 0.0915. The van der Waals surface area contributed by atoms with Gasteiger partial charge in [-0.3, -0.25) is 4.79 Å². The Morgan fingerprint density at radius 2 is 1.83 bits per heavy atom. The molecule has 0 aliphatic heterocycles. The lowest BCUT2D eigenvalue weighted by Crippen LogP contribution is -2.27. The number of carbonyl (C=O) groups is 1. The number of nitrogens with one attached hydrogen (secondary N) is 2. The average molecular weight is 486 g/mol. The van der Waals surface area contributed by atoms with E-state index < -0.39 is 0 Å². The molecule has 4 aromatic rings. The highest BCUT2D eigenvalue weighted by molar-refractivity contribution is 5.97. The Balaban J connectivity index is 1.50. The van der Waals surface area contributed by atoms with Gasteiger partial charge in [0.1, 0.15) is 5.75 Å². The van der Waals surface area contributed by atoms with Crippen LogP contribution in [0.25, 0.3) is 10.8 Å². The Labute approximate surface area is 210 Å². The maximum Gasteiger partial charge on any atom is 0.251 e. The largest absolute Gasteiger partial charge is 0.438 e. The standard InChI is InChI=1S/C28H31N5O3/c1-3-14-35-15-13-30-27(34)20-16-19(4-2)17-21(18-20)32-28-31-12-11-26(33-28)36-25-10-9-24(29)22-7-5-6-8-23(22)25/h5-12,16-18H,3-4,13-15,29H2,1-2H3,(H,30,34)(H,31,32,33). The highest BCUT2D eigenvalue weighted by Gasteiger charge is 2.11. The molecule has 0 radical (unpaired) electrons. The number of hydrogen-bond donors (Lipinski definition) is 3. The lowest BCUT2D eigenvalue weighted by atomic mass is 10.1. The minimum atomic E-state index is -0.151. The van der Waals surface area contributed by atoms with Crippen LogP contribution in [0.4, 0.5) is 17.3 Å². The molecule has 8 nitrogen and oxygen atoms in total. The summed E-state index contributed by atoms with van der Waals surface area (Å²) in [5, 5.41) is 7.92. The Bertz CT molecular complexity index is 1340. The van der Waals surface area contributed by atoms with Gasteiger partial charge in [-0.05, 0) is 48.7 Å². The average Bonchev–Trinajstić information content (AvgIpc) is 2.90. The number of fused-ring (bicyclic) bond motifs is 1. The zero-order chi connectivity index (χ0) is 25.3. The third kappa shape index (κ3) is 6.28. The van der Waals surface area contributed by atoms with Crippen molar-refractivity contribution < 1.29 is 14.3 Å². The molecule has 3 aromatic carbocycles. The summed E-state index contributed by atoms with van der Waals surface area (Å²) >= 11 is 0. The molecule has 8 heteroatoms. The molecule has 1 amide bonds. The Morgan fingerprint density at radius 3 is 2.64 bits per heavy atom. The molecule has 4 rings (SSSR count). The number of nitrogens with zero attached hydrogens (tertiary/aromatic N) is 2. The number of nitrogens with two attached hydrogens (primary N) is 1. The number of nitrogen functional groups attached to an aromatic ring is 1. The zero-order valence-electron chi connectivity index (χ0n) is 20.6. The minimum Gasteiger partial charge on any atom is -0.438 e. The predicted molar refractivity (Wildman–Crippen MR) is 143 cm³/mol.